The lowest BCUT2D eigenvalue weighted by atomic mass is 10.2. The maximum Gasteiger partial charge on any atom is 0.508 e. The number of halogens is 1. The van der Waals surface area contributed by atoms with Gasteiger partial charge in [-0.1, -0.05) is 15.9 Å². The summed E-state index contributed by atoms with van der Waals surface area (Å²) in [4.78, 5) is 10.9. The number of carbonyl (C=O) groups excluding carboxylic acids is 1. The Morgan fingerprint density at radius 2 is 2.00 bits per heavy atom. The highest BCUT2D eigenvalue weighted by Crippen LogP contribution is 2.08. The summed E-state index contributed by atoms with van der Waals surface area (Å²) < 4.78 is 9.68. The molecule has 0 saturated heterocycles. The van der Waals surface area contributed by atoms with Gasteiger partial charge in [-0.3, -0.25) is 0 Å². The number of ether oxygens (including phenoxy) is 2. The summed E-state index contributed by atoms with van der Waals surface area (Å²) >= 11 is 3.23. The Labute approximate surface area is 81.6 Å². The second-order valence-corrected chi connectivity index (χ2v) is 4.15. The first-order valence-corrected chi connectivity index (χ1v) is 4.99. The van der Waals surface area contributed by atoms with Gasteiger partial charge in [0.15, 0.2) is 0 Å². The molecule has 3 nitrogen and oxygen atoms in total. The zero-order valence-corrected chi connectivity index (χ0v) is 9.31. The fourth-order valence-corrected chi connectivity index (χ4v) is 0.718. The molecule has 0 atom stereocenters. The van der Waals surface area contributed by atoms with Gasteiger partial charge in [0.05, 0.1) is 6.61 Å². The smallest absolute Gasteiger partial charge is 0.434 e. The van der Waals surface area contributed by atoms with Crippen molar-refractivity contribution in [2.75, 3.05) is 11.9 Å². The minimum absolute atomic E-state index is 0.403. The van der Waals surface area contributed by atoms with Crippen molar-refractivity contribution in [1.82, 2.24) is 0 Å². The van der Waals surface area contributed by atoms with Crippen LogP contribution in [0.1, 0.15) is 27.2 Å². The molecule has 0 saturated carbocycles. The standard InChI is InChI=1S/C8H15BrO3/c1-8(2,3)12-7(10)11-6-4-5-9/h4-6H2,1-3H3. The minimum Gasteiger partial charge on any atom is -0.434 e. The summed E-state index contributed by atoms with van der Waals surface area (Å²) in [6, 6.07) is 0. The molecule has 0 aromatic rings. The minimum atomic E-state index is -0.594. The van der Waals surface area contributed by atoms with Crippen LogP contribution in [0.25, 0.3) is 0 Å². The van der Waals surface area contributed by atoms with Crippen LogP contribution < -0.4 is 0 Å². The van der Waals surface area contributed by atoms with E-state index in [1.807, 2.05) is 0 Å². The van der Waals surface area contributed by atoms with Gasteiger partial charge in [0, 0.05) is 5.33 Å². The van der Waals surface area contributed by atoms with Crippen molar-refractivity contribution in [3.63, 3.8) is 0 Å². The number of hydrogen-bond donors (Lipinski definition) is 0. The predicted octanol–water partition coefficient (Wildman–Crippen LogP) is 2.72. The summed E-state index contributed by atoms with van der Waals surface area (Å²) in [5.41, 5.74) is -0.467. The SMILES string of the molecule is CC(C)(C)OC(=O)OCCCBr. The first-order valence-electron chi connectivity index (χ1n) is 3.87. The van der Waals surface area contributed by atoms with E-state index in [4.69, 9.17) is 9.47 Å². The molecule has 72 valence electrons. The van der Waals surface area contributed by atoms with Crippen LogP contribution in [0.3, 0.4) is 0 Å². The van der Waals surface area contributed by atoms with Crippen LogP contribution >= 0.6 is 15.9 Å². The van der Waals surface area contributed by atoms with Crippen molar-refractivity contribution in [3.8, 4) is 0 Å². The zero-order chi connectivity index (χ0) is 9.61. The lowest BCUT2D eigenvalue weighted by molar-refractivity contribution is -0.00688. The van der Waals surface area contributed by atoms with Crippen LogP contribution in [0.15, 0.2) is 0 Å². The van der Waals surface area contributed by atoms with Crippen molar-refractivity contribution in [2.45, 2.75) is 32.8 Å². The molecule has 0 spiro atoms. The Hall–Kier alpha value is -0.250. The van der Waals surface area contributed by atoms with Gasteiger partial charge in [-0.25, -0.2) is 4.79 Å². The molecular formula is C8H15BrO3. The maximum absolute atomic E-state index is 10.9. The van der Waals surface area contributed by atoms with E-state index < -0.39 is 11.8 Å². The van der Waals surface area contributed by atoms with Crippen molar-refractivity contribution in [1.29, 1.82) is 0 Å². The Kier molecular flexibility index (Phi) is 5.29. The largest absolute Gasteiger partial charge is 0.508 e. The van der Waals surface area contributed by atoms with Gasteiger partial charge in [-0.2, -0.15) is 0 Å². The first-order chi connectivity index (χ1) is 5.45. The maximum atomic E-state index is 10.9. The fourth-order valence-electron chi connectivity index (χ4n) is 0.490. The third-order valence-corrected chi connectivity index (χ3v) is 1.45. The highest BCUT2D eigenvalue weighted by Gasteiger charge is 2.16. The second-order valence-electron chi connectivity index (χ2n) is 3.36. The molecule has 0 amide bonds. The molecule has 12 heavy (non-hydrogen) atoms. The van der Waals surface area contributed by atoms with Gasteiger partial charge >= 0.3 is 6.16 Å². The zero-order valence-electron chi connectivity index (χ0n) is 7.72. The first kappa shape index (κ1) is 11.8. The molecule has 0 aromatic carbocycles. The van der Waals surface area contributed by atoms with Gasteiger partial charge in [-0.05, 0) is 27.2 Å². The molecule has 0 aliphatic heterocycles. The summed E-state index contributed by atoms with van der Waals surface area (Å²) in [5.74, 6) is 0. The average Bonchev–Trinajstić information content (AvgIpc) is 1.84. The molecule has 0 aliphatic carbocycles. The van der Waals surface area contributed by atoms with E-state index in [2.05, 4.69) is 15.9 Å². The Balaban J connectivity index is 3.47. The van der Waals surface area contributed by atoms with E-state index >= 15 is 0 Å². The molecule has 4 heteroatoms. The van der Waals surface area contributed by atoms with E-state index in [1.54, 1.807) is 20.8 Å². The van der Waals surface area contributed by atoms with Gasteiger partial charge in [0.1, 0.15) is 5.60 Å². The summed E-state index contributed by atoms with van der Waals surface area (Å²) in [7, 11) is 0. The molecular weight excluding hydrogens is 224 g/mol. The normalized spacial score (nSPS) is 11.0. The van der Waals surface area contributed by atoms with Crippen LogP contribution in [0.5, 0.6) is 0 Å². The number of hydrogen-bond acceptors (Lipinski definition) is 3. The van der Waals surface area contributed by atoms with Crippen LogP contribution in [0, 0.1) is 0 Å². The molecule has 0 heterocycles. The van der Waals surface area contributed by atoms with Gasteiger partial charge in [-0.15, -0.1) is 0 Å². The third-order valence-electron chi connectivity index (χ3n) is 0.887. The molecule has 0 fully saturated rings. The highest BCUT2D eigenvalue weighted by molar-refractivity contribution is 9.09. The quantitative estimate of drug-likeness (QED) is 0.431. The highest BCUT2D eigenvalue weighted by atomic mass is 79.9. The molecule has 0 N–H and O–H groups in total. The molecule has 0 unspecified atom stereocenters. The second kappa shape index (κ2) is 5.41. The number of carbonyl (C=O) groups is 1. The average molecular weight is 239 g/mol. The molecule has 0 aromatic heterocycles. The van der Waals surface area contributed by atoms with Crippen molar-refractivity contribution < 1.29 is 14.3 Å². The van der Waals surface area contributed by atoms with E-state index in [-0.39, 0.29) is 0 Å². The van der Waals surface area contributed by atoms with Crippen LogP contribution in [-0.4, -0.2) is 23.7 Å². The molecule has 0 bridgehead atoms. The van der Waals surface area contributed by atoms with E-state index in [0.717, 1.165) is 11.8 Å². The van der Waals surface area contributed by atoms with Crippen molar-refractivity contribution >= 4 is 22.1 Å². The molecule has 0 rings (SSSR count). The number of alkyl halides is 1. The third kappa shape index (κ3) is 7.85. The van der Waals surface area contributed by atoms with Crippen molar-refractivity contribution in [3.05, 3.63) is 0 Å². The lowest BCUT2D eigenvalue weighted by Gasteiger charge is -2.18. The Bertz CT molecular complexity index is 140. The van der Waals surface area contributed by atoms with E-state index in [0.29, 0.717) is 6.61 Å². The summed E-state index contributed by atoms with van der Waals surface area (Å²) in [6.07, 6.45) is 0.211. The lowest BCUT2D eigenvalue weighted by Crippen LogP contribution is -2.24. The van der Waals surface area contributed by atoms with Crippen LogP contribution in [0.4, 0.5) is 4.79 Å². The Morgan fingerprint density at radius 1 is 1.42 bits per heavy atom. The topological polar surface area (TPSA) is 35.5 Å². The van der Waals surface area contributed by atoms with Crippen LogP contribution in [0.2, 0.25) is 0 Å². The van der Waals surface area contributed by atoms with Gasteiger partial charge < -0.3 is 9.47 Å². The fraction of sp³-hybridized carbons (Fsp3) is 0.875. The predicted molar refractivity (Wildman–Crippen MR) is 50.6 cm³/mol. The monoisotopic (exact) mass is 238 g/mol. The summed E-state index contributed by atoms with van der Waals surface area (Å²) in [5, 5.41) is 0.829. The van der Waals surface area contributed by atoms with Gasteiger partial charge in [0.2, 0.25) is 0 Å². The van der Waals surface area contributed by atoms with Crippen molar-refractivity contribution in [2.24, 2.45) is 0 Å². The Morgan fingerprint density at radius 3 is 2.42 bits per heavy atom. The van der Waals surface area contributed by atoms with E-state index in [1.165, 1.54) is 0 Å². The molecule has 0 aliphatic rings. The van der Waals surface area contributed by atoms with E-state index in [9.17, 15) is 4.79 Å². The number of rotatable bonds is 3. The van der Waals surface area contributed by atoms with Crippen LogP contribution in [-0.2, 0) is 9.47 Å². The summed E-state index contributed by atoms with van der Waals surface area (Å²) in [6.45, 7) is 5.82. The molecule has 0 radical (unpaired) electrons. The van der Waals surface area contributed by atoms with Gasteiger partial charge in [0.25, 0.3) is 0 Å².